The van der Waals surface area contributed by atoms with Gasteiger partial charge in [0.2, 0.25) is 0 Å². The zero-order valence-electron chi connectivity index (χ0n) is 9.23. The fourth-order valence-electron chi connectivity index (χ4n) is 1.62. The first-order chi connectivity index (χ1) is 8.31. The number of hydrogen-bond acceptors (Lipinski definition) is 4. The third kappa shape index (κ3) is 3.07. The van der Waals surface area contributed by atoms with Crippen molar-refractivity contribution < 1.29 is 14.6 Å². The van der Waals surface area contributed by atoms with E-state index in [-0.39, 0.29) is 18.6 Å². The first-order valence-corrected chi connectivity index (χ1v) is 6.25. The number of carbonyl (C=O) groups excluding carboxylic acids is 1. The SMILES string of the molecule is O=C(NC1CCOC1)c1sccc1C#CCO. The Morgan fingerprint density at radius 2 is 2.59 bits per heavy atom. The molecule has 2 rings (SSSR count). The van der Waals surface area contributed by atoms with Gasteiger partial charge in [-0.3, -0.25) is 4.79 Å². The molecule has 1 amide bonds. The van der Waals surface area contributed by atoms with Crippen LogP contribution in [0, 0.1) is 11.8 Å². The Morgan fingerprint density at radius 1 is 1.71 bits per heavy atom. The summed E-state index contributed by atoms with van der Waals surface area (Å²) in [5, 5.41) is 13.4. The summed E-state index contributed by atoms with van der Waals surface area (Å²) in [6.07, 6.45) is 0.856. The van der Waals surface area contributed by atoms with Crippen molar-refractivity contribution >= 4 is 17.2 Å². The molecule has 2 heterocycles. The number of ether oxygens (including phenoxy) is 1. The van der Waals surface area contributed by atoms with Gasteiger partial charge in [0.1, 0.15) is 11.5 Å². The van der Waals surface area contributed by atoms with Crippen LogP contribution in [0.4, 0.5) is 0 Å². The van der Waals surface area contributed by atoms with Crippen LogP contribution in [0.3, 0.4) is 0 Å². The van der Waals surface area contributed by atoms with Gasteiger partial charge in [-0.1, -0.05) is 11.8 Å². The molecule has 0 aliphatic carbocycles. The van der Waals surface area contributed by atoms with Gasteiger partial charge in [0.05, 0.1) is 12.6 Å². The topological polar surface area (TPSA) is 58.6 Å². The van der Waals surface area contributed by atoms with E-state index < -0.39 is 0 Å². The minimum Gasteiger partial charge on any atom is -0.384 e. The summed E-state index contributed by atoms with van der Waals surface area (Å²) in [5.74, 6) is 5.20. The summed E-state index contributed by atoms with van der Waals surface area (Å²) in [4.78, 5) is 12.6. The van der Waals surface area contributed by atoms with Gasteiger partial charge in [0, 0.05) is 12.2 Å². The van der Waals surface area contributed by atoms with Gasteiger partial charge in [-0.15, -0.1) is 11.3 Å². The van der Waals surface area contributed by atoms with E-state index in [1.807, 2.05) is 5.38 Å². The molecule has 1 unspecified atom stereocenters. The maximum atomic E-state index is 12.0. The van der Waals surface area contributed by atoms with Crippen molar-refractivity contribution in [1.82, 2.24) is 5.32 Å². The van der Waals surface area contributed by atoms with Crippen LogP contribution < -0.4 is 5.32 Å². The monoisotopic (exact) mass is 251 g/mol. The molecule has 5 heteroatoms. The highest BCUT2D eigenvalue weighted by Gasteiger charge is 2.20. The zero-order chi connectivity index (χ0) is 12.1. The number of aliphatic hydroxyl groups excluding tert-OH is 1. The Morgan fingerprint density at radius 3 is 3.29 bits per heavy atom. The van der Waals surface area contributed by atoms with Gasteiger partial charge in [-0.25, -0.2) is 0 Å². The number of aliphatic hydroxyl groups is 1. The highest BCUT2D eigenvalue weighted by atomic mass is 32.1. The minimum absolute atomic E-state index is 0.100. The molecule has 1 aliphatic rings. The molecule has 0 spiro atoms. The van der Waals surface area contributed by atoms with E-state index in [1.54, 1.807) is 6.07 Å². The highest BCUT2D eigenvalue weighted by molar-refractivity contribution is 7.12. The van der Waals surface area contributed by atoms with Crippen molar-refractivity contribution in [2.75, 3.05) is 19.8 Å². The van der Waals surface area contributed by atoms with Crippen LogP contribution in [0.2, 0.25) is 0 Å². The largest absolute Gasteiger partial charge is 0.384 e. The van der Waals surface area contributed by atoms with Crippen molar-refractivity contribution in [3.63, 3.8) is 0 Å². The second kappa shape index (κ2) is 5.82. The molecule has 0 saturated carbocycles. The third-order valence-electron chi connectivity index (χ3n) is 2.44. The van der Waals surface area contributed by atoms with E-state index >= 15 is 0 Å². The Kier molecular flexibility index (Phi) is 4.15. The number of thiophene rings is 1. The first kappa shape index (κ1) is 12.1. The zero-order valence-corrected chi connectivity index (χ0v) is 10.0. The Labute approximate surface area is 104 Å². The first-order valence-electron chi connectivity index (χ1n) is 5.37. The summed E-state index contributed by atoms with van der Waals surface area (Å²) >= 11 is 1.35. The van der Waals surface area contributed by atoms with Crippen molar-refractivity contribution in [2.24, 2.45) is 0 Å². The normalized spacial score (nSPS) is 18.5. The van der Waals surface area contributed by atoms with E-state index in [0.717, 1.165) is 6.42 Å². The quantitative estimate of drug-likeness (QED) is 0.757. The van der Waals surface area contributed by atoms with E-state index in [2.05, 4.69) is 17.2 Å². The number of carbonyl (C=O) groups is 1. The molecular formula is C12H13NO3S. The highest BCUT2D eigenvalue weighted by Crippen LogP contribution is 2.16. The second-order valence-corrected chi connectivity index (χ2v) is 4.57. The van der Waals surface area contributed by atoms with Crippen LogP contribution in [0.15, 0.2) is 11.4 Å². The van der Waals surface area contributed by atoms with Crippen molar-refractivity contribution in [3.05, 3.63) is 21.9 Å². The molecule has 1 aromatic rings. The lowest BCUT2D eigenvalue weighted by molar-refractivity contribution is 0.0934. The average molecular weight is 251 g/mol. The van der Waals surface area contributed by atoms with Crippen LogP contribution in [-0.2, 0) is 4.74 Å². The summed E-state index contributed by atoms with van der Waals surface area (Å²) in [7, 11) is 0. The van der Waals surface area contributed by atoms with Gasteiger partial charge >= 0.3 is 0 Å². The molecule has 2 N–H and O–H groups in total. The molecule has 0 radical (unpaired) electrons. The minimum atomic E-state index is -0.201. The van der Waals surface area contributed by atoms with Crippen LogP contribution in [-0.4, -0.2) is 36.9 Å². The number of nitrogens with one attached hydrogen (secondary N) is 1. The maximum absolute atomic E-state index is 12.0. The lowest BCUT2D eigenvalue weighted by atomic mass is 10.2. The molecule has 0 bridgehead atoms. The lowest BCUT2D eigenvalue weighted by Gasteiger charge is -2.09. The van der Waals surface area contributed by atoms with Gasteiger partial charge in [-0.2, -0.15) is 0 Å². The molecule has 1 aromatic heterocycles. The van der Waals surface area contributed by atoms with Crippen molar-refractivity contribution in [3.8, 4) is 11.8 Å². The van der Waals surface area contributed by atoms with Gasteiger partial charge in [0.15, 0.2) is 0 Å². The van der Waals surface area contributed by atoms with Gasteiger partial charge in [0.25, 0.3) is 5.91 Å². The van der Waals surface area contributed by atoms with Gasteiger partial charge < -0.3 is 15.2 Å². The molecule has 1 saturated heterocycles. The molecule has 1 fully saturated rings. The predicted octanol–water partition coefficient (Wildman–Crippen LogP) is 0.611. The van der Waals surface area contributed by atoms with Crippen molar-refractivity contribution in [1.29, 1.82) is 0 Å². The number of rotatable bonds is 2. The second-order valence-electron chi connectivity index (χ2n) is 3.66. The van der Waals surface area contributed by atoms with Gasteiger partial charge in [-0.05, 0) is 17.9 Å². The molecular weight excluding hydrogens is 238 g/mol. The molecule has 0 aromatic carbocycles. The smallest absolute Gasteiger partial charge is 0.262 e. The molecule has 90 valence electrons. The lowest BCUT2D eigenvalue weighted by Crippen LogP contribution is -2.34. The predicted molar refractivity (Wildman–Crippen MR) is 65.0 cm³/mol. The van der Waals surface area contributed by atoms with Crippen LogP contribution in [0.1, 0.15) is 21.7 Å². The van der Waals surface area contributed by atoms with E-state index in [1.165, 1.54) is 11.3 Å². The van der Waals surface area contributed by atoms with Crippen molar-refractivity contribution in [2.45, 2.75) is 12.5 Å². The van der Waals surface area contributed by atoms with E-state index in [9.17, 15) is 4.79 Å². The number of amides is 1. The summed E-state index contributed by atoms with van der Waals surface area (Å²) in [6.45, 7) is 1.08. The fraction of sp³-hybridized carbons (Fsp3) is 0.417. The fourth-order valence-corrected chi connectivity index (χ4v) is 2.37. The van der Waals surface area contributed by atoms with Crippen LogP contribution in [0.25, 0.3) is 0 Å². The molecule has 1 aliphatic heterocycles. The van der Waals surface area contributed by atoms with E-state index in [4.69, 9.17) is 9.84 Å². The standard InChI is InChI=1S/C12H13NO3S/c14-5-1-2-9-4-7-17-11(9)12(15)13-10-3-6-16-8-10/h4,7,10,14H,3,5-6,8H2,(H,13,15). The Bertz CT molecular complexity index is 452. The molecule has 17 heavy (non-hydrogen) atoms. The summed E-state index contributed by atoms with van der Waals surface area (Å²) < 4.78 is 5.20. The van der Waals surface area contributed by atoms with Crippen LogP contribution >= 0.6 is 11.3 Å². The van der Waals surface area contributed by atoms with E-state index in [0.29, 0.717) is 23.7 Å². The molecule has 1 atom stereocenters. The summed E-state index contributed by atoms with van der Waals surface area (Å²) in [5.41, 5.74) is 0.667. The Hall–Kier alpha value is -1.35. The third-order valence-corrected chi connectivity index (χ3v) is 3.35. The Balaban J connectivity index is 2.05. The molecule has 4 nitrogen and oxygen atoms in total. The summed E-state index contributed by atoms with van der Waals surface area (Å²) in [6, 6.07) is 1.89. The average Bonchev–Trinajstić information content (AvgIpc) is 2.96. The van der Waals surface area contributed by atoms with Crippen LogP contribution in [0.5, 0.6) is 0 Å². The maximum Gasteiger partial charge on any atom is 0.262 e. The number of hydrogen-bond donors (Lipinski definition) is 2.